The largest absolute Gasteiger partial charge is 0.289 e. The van der Waals surface area contributed by atoms with Crippen molar-refractivity contribution < 1.29 is 18.1 Å². The standard InChI is InChI=1S/C17H15ClN2O5S/c1-2-26(24,25)19-14-7-5-13(6-8-14)17(21)10-4-12-3-9-15(18)16(11-12)20(22)23/h3-11,19H,2H2,1H3/b10-4+. The molecule has 0 aromatic heterocycles. The van der Waals surface area contributed by atoms with Crippen LogP contribution in [0, 0.1) is 10.1 Å². The number of ketones is 1. The van der Waals surface area contributed by atoms with E-state index in [2.05, 4.69) is 4.72 Å². The van der Waals surface area contributed by atoms with Gasteiger partial charge in [0.25, 0.3) is 5.69 Å². The molecule has 0 spiro atoms. The molecule has 0 aliphatic carbocycles. The van der Waals surface area contributed by atoms with Gasteiger partial charge in [-0.1, -0.05) is 23.7 Å². The van der Waals surface area contributed by atoms with Gasteiger partial charge in [-0.3, -0.25) is 19.6 Å². The summed E-state index contributed by atoms with van der Waals surface area (Å²) in [5.41, 5.74) is 0.931. The highest BCUT2D eigenvalue weighted by molar-refractivity contribution is 7.92. The van der Waals surface area contributed by atoms with Crippen LogP contribution in [0.5, 0.6) is 0 Å². The second kappa shape index (κ2) is 8.11. The first kappa shape index (κ1) is 19.6. The fraction of sp³-hybridized carbons (Fsp3) is 0.118. The van der Waals surface area contributed by atoms with Crippen LogP contribution in [0.4, 0.5) is 11.4 Å². The van der Waals surface area contributed by atoms with Crippen LogP contribution in [-0.4, -0.2) is 24.9 Å². The Morgan fingerprint density at radius 3 is 2.46 bits per heavy atom. The average molecular weight is 395 g/mol. The van der Waals surface area contributed by atoms with Crippen molar-refractivity contribution in [3.05, 3.63) is 74.8 Å². The number of carbonyl (C=O) groups excluding carboxylic acids is 1. The van der Waals surface area contributed by atoms with E-state index < -0.39 is 14.9 Å². The van der Waals surface area contributed by atoms with E-state index in [0.717, 1.165) is 0 Å². The molecule has 0 fully saturated rings. The van der Waals surface area contributed by atoms with Gasteiger partial charge >= 0.3 is 0 Å². The molecular formula is C17H15ClN2O5S. The first-order valence-electron chi connectivity index (χ1n) is 7.49. The molecule has 2 aromatic carbocycles. The molecule has 0 atom stereocenters. The number of halogens is 1. The molecule has 0 radical (unpaired) electrons. The van der Waals surface area contributed by atoms with Crippen molar-refractivity contribution in [3.8, 4) is 0 Å². The number of hydrogen-bond donors (Lipinski definition) is 1. The Kier molecular flexibility index (Phi) is 6.12. The molecule has 2 aromatic rings. The van der Waals surface area contributed by atoms with Crippen LogP contribution in [0.15, 0.2) is 48.5 Å². The molecule has 136 valence electrons. The number of hydrogen-bond acceptors (Lipinski definition) is 5. The minimum Gasteiger partial charge on any atom is -0.289 e. The second-order valence-corrected chi connectivity index (χ2v) is 7.67. The first-order chi connectivity index (χ1) is 12.2. The van der Waals surface area contributed by atoms with Gasteiger partial charge in [0, 0.05) is 17.3 Å². The summed E-state index contributed by atoms with van der Waals surface area (Å²) >= 11 is 5.74. The van der Waals surface area contributed by atoms with Gasteiger partial charge < -0.3 is 0 Å². The lowest BCUT2D eigenvalue weighted by molar-refractivity contribution is -0.384. The quantitative estimate of drug-likeness (QED) is 0.331. The molecule has 7 nitrogen and oxygen atoms in total. The highest BCUT2D eigenvalue weighted by atomic mass is 35.5. The maximum absolute atomic E-state index is 12.2. The van der Waals surface area contributed by atoms with Crippen LogP contribution in [0.2, 0.25) is 5.02 Å². The van der Waals surface area contributed by atoms with Crippen molar-refractivity contribution >= 4 is 44.9 Å². The van der Waals surface area contributed by atoms with Crippen LogP contribution in [-0.2, 0) is 10.0 Å². The van der Waals surface area contributed by atoms with E-state index in [4.69, 9.17) is 11.6 Å². The highest BCUT2D eigenvalue weighted by Crippen LogP contribution is 2.25. The van der Waals surface area contributed by atoms with Gasteiger partial charge in [-0.05, 0) is 48.9 Å². The Morgan fingerprint density at radius 1 is 1.23 bits per heavy atom. The van der Waals surface area contributed by atoms with Crippen molar-refractivity contribution in [1.82, 2.24) is 0 Å². The van der Waals surface area contributed by atoms with E-state index in [-0.39, 0.29) is 22.2 Å². The number of allylic oxidation sites excluding steroid dienone is 1. The third-order valence-electron chi connectivity index (χ3n) is 3.42. The van der Waals surface area contributed by atoms with Crippen molar-refractivity contribution in [1.29, 1.82) is 0 Å². The summed E-state index contributed by atoms with van der Waals surface area (Å²) in [6, 6.07) is 10.2. The van der Waals surface area contributed by atoms with Gasteiger partial charge in [-0.2, -0.15) is 0 Å². The molecule has 0 amide bonds. The molecule has 2 rings (SSSR count). The zero-order valence-corrected chi connectivity index (χ0v) is 15.3. The Balaban J connectivity index is 2.14. The summed E-state index contributed by atoms with van der Waals surface area (Å²) < 4.78 is 25.4. The summed E-state index contributed by atoms with van der Waals surface area (Å²) in [6.45, 7) is 1.52. The van der Waals surface area contributed by atoms with Crippen molar-refractivity contribution in [2.24, 2.45) is 0 Å². The van der Waals surface area contributed by atoms with E-state index in [1.165, 1.54) is 55.5 Å². The van der Waals surface area contributed by atoms with Crippen LogP contribution in [0.1, 0.15) is 22.8 Å². The van der Waals surface area contributed by atoms with Gasteiger partial charge in [0.1, 0.15) is 5.02 Å². The number of anilines is 1. The normalized spacial score (nSPS) is 11.5. The van der Waals surface area contributed by atoms with Gasteiger partial charge in [-0.15, -0.1) is 0 Å². The predicted octanol–water partition coefficient (Wildman–Crippen LogP) is 3.91. The fourth-order valence-corrected chi connectivity index (χ4v) is 2.82. The lowest BCUT2D eigenvalue weighted by Crippen LogP contribution is -2.14. The molecule has 0 saturated heterocycles. The number of rotatable bonds is 7. The minimum atomic E-state index is -3.38. The Morgan fingerprint density at radius 2 is 1.88 bits per heavy atom. The van der Waals surface area contributed by atoms with E-state index >= 15 is 0 Å². The smallest absolute Gasteiger partial charge is 0.288 e. The summed E-state index contributed by atoms with van der Waals surface area (Å²) in [6.07, 6.45) is 2.72. The lowest BCUT2D eigenvalue weighted by atomic mass is 10.1. The Hall–Kier alpha value is -2.71. The molecule has 0 aliphatic rings. The molecule has 0 aliphatic heterocycles. The van der Waals surface area contributed by atoms with E-state index in [1.54, 1.807) is 6.07 Å². The maximum atomic E-state index is 12.2. The highest BCUT2D eigenvalue weighted by Gasteiger charge is 2.12. The first-order valence-corrected chi connectivity index (χ1v) is 9.52. The Labute approximate surface area is 155 Å². The van der Waals surface area contributed by atoms with Crippen LogP contribution < -0.4 is 4.72 Å². The average Bonchev–Trinajstić information content (AvgIpc) is 2.61. The van der Waals surface area contributed by atoms with Gasteiger partial charge in [0.15, 0.2) is 5.78 Å². The predicted molar refractivity (Wildman–Crippen MR) is 101 cm³/mol. The molecule has 0 heterocycles. The van der Waals surface area contributed by atoms with E-state index in [9.17, 15) is 23.3 Å². The van der Waals surface area contributed by atoms with E-state index in [1.807, 2.05) is 0 Å². The number of benzene rings is 2. The molecule has 0 bridgehead atoms. The van der Waals surface area contributed by atoms with Crippen molar-refractivity contribution in [2.45, 2.75) is 6.92 Å². The van der Waals surface area contributed by atoms with Gasteiger partial charge in [0.2, 0.25) is 10.0 Å². The van der Waals surface area contributed by atoms with Gasteiger partial charge in [0.05, 0.1) is 10.7 Å². The van der Waals surface area contributed by atoms with Gasteiger partial charge in [-0.25, -0.2) is 8.42 Å². The zero-order valence-electron chi connectivity index (χ0n) is 13.7. The van der Waals surface area contributed by atoms with Crippen LogP contribution in [0.3, 0.4) is 0 Å². The second-order valence-electron chi connectivity index (χ2n) is 5.25. The fourth-order valence-electron chi connectivity index (χ4n) is 2.00. The number of nitrogens with one attached hydrogen (secondary N) is 1. The Bertz CT molecular complexity index is 969. The number of sulfonamides is 1. The molecule has 1 N–H and O–H groups in total. The summed E-state index contributed by atoms with van der Waals surface area (Å²) in [5.74, 6) is -0.378. The zero-order chi connectivity index (χ0) is 19.3. The number of nitrogens with zero attached hydrogens (tertiary/aromatic N) is 1. The molecule has 0 unspecified atom stereocenters. The number of nitro groups is 1. The summed E-state index contributed by atoms with van der Waals surface area (Å²) in [4.78, 5) is 22.4. The number of nitro benzene ring substituents is 1. The SMILES string of the molecule is CCS(=O)(=O)Nc1ccc(C(=O)/C=C/c2ccc(Cl)c([N+](=O)[O-])c2)cc1. The molecule has 26 heavy (non-hydrogen) atoms. The third-order valence-corrected chi connectivity index (χ3v) is 5.04. The molecule has 9 heteroatoms. The lowest BCUT2D eigenvalue weighted by Gasteiger charge is -2.06. The summed E-state index contributed by atoms with van der Waals surface area (Å²) in [5, 5.41) is 10.9. The molecular weight excluding hydrogens is 380 g/mol. The molecule has 0 saturated carbocycles. The van der Waals surface area contributed by atoms with Crippen LogP contribution >= 0.6 is 11.6 Å². The van der Waals surface area contributed by atoms with E-state index in [0.29, 0.717) is 16.8 Å². The van der Waals surface area contributed by atoms with Crippen molar-refractivity contribution in [3.63, 3.8) is 0 Å². The number of carbonyl (C=O) groups is 1. The maximum Gasteiger partial charge on any atom is 0.288 e. The summed E-state index contributed by atoms with van der Waals surface area (Å²) in [7, 11) is -3.38. The third kappa shape index (κ3) is 5.14. The topological polar surface area (TPSA) is 106 Å². The monoisotopic (exact) mass is 394 g/mol. The van der Waals surface area contributed by atoms with Crippen molar-refractivity contribution in [2.75, 3.05) is 10.5 Å². The van der Waals surface area contributed by atoms with Crippen LogP contribution in [0.25, 0.3) is 6.08 Å². The minimum absolute atomic E-state index is 0.0172.